The van der Waals surface area contributed by atoms with Crippen LogP contribution in [0.15, 0.2) is 12.1 Å². The molecular formula is C15H22O4. The van der Waals surface area contributed by atoms with E-state index in [9.17, 15) is 15.3 Å². The fraction of sp³-hybridized carbons (Fsp3) is 0.600. The minimum atomic E-state index is -0.935. The largest absolute Gasteiger partial charge is 0.486 e. The Labute approximate surface area is 113 Å². The van der Waals surface area contributed by atoms with Crippen LogP contribution in [0.25, 0.3) is 0 Å². The molecule has 0 fully saturated rings. The SMILES string of the molecule is CCC(O)c1ccc2c(c1CO)OC(C(C)(C)O)C2. The molecule has 1 aromatic rings. The quantitative estimate of drug-likeness (QED) is 0.775. The summed E-state index contributed by atoms with van der Waals surface area (Å²) in [6.45, 7) is 5.14. The number of aliphatic hydroxyl groups excluding tert-OH is 2. The summed E-state index contributed by atoms with van der Waals surface area (Å²) in [6.07, 6.45) is 0.286. The van der Waals surface area contributed by atoms with Crippen molar-refractivity contribution in [2.45, 2.75) is 58.0 Å². The average Bonchev–Trinajstić information content (AvgIpc) is 2.80. The lowest BCUT2D eigenvalue weighted by atomic mass is 9.94. The molecule has 0 spiro atoms. The average molecular weight is 266 g/mol. The lowest BCUT2D eigenvalue weighted by Gasteiger charge is -2.25. The van der Waals surface area contributed by atoms with E-state index in [0.29, 0.717) is 29.7 Å². The van der Waals surface area contributed by atoms with Gasteiger partial charge in [0.2, 0.25) is 0 Å². The van der Waals surface area contributed by atoms with Crippen LogP contribution in [0.4, 0.5) is 0 Å². The molecule has 0 aliphatic carbocycles. The van der Waals surface area contributed by atoms with E-state index in [-0.39, 0.29) is 12.7 Å². The van der Waals surface area contributed by atoms with Crippen LogP contribution in [0.2, 0.25) is 0 Å². The number of rotatable bonds is 4. The van der Waals surface area contributed by atoms with E-state index in [1.54, 1.807) is 13.8 Å². The topological polar surface area (TPSA) is 69.9 Å². The molecule has 0 bridgehead atoms. The molecule has 0 saturated heterocycles. The van der Waals surface area contributed by atoms with Crippen molar-refractivity contribution in [3.63, 3.8) is 0 Å². The maximum absolute atomic E-state index is 10.0. The first-order chi connectivity index (χ1) is 8.88. The summed E-state index contributed by atoms with van der Waals surface area (Å²) in [6, 6.07) is 3.75. The summed E-state index contributed by atoms with van der Waals surface area (Å²) in [5.41, 5.74) is 1.39. The lowest BCUT2D eigenvalue weighted by molar-refractivity contribution is -0.0235. The summed E-state index contributed by atoms with van der Waals surface area (Å²) in [5.74, 6) is 0.625. The van der Waals surface area contributed by atoms with E-state index < -0.39 is 11.7 Å². The molecule has 1 aliphatic heterocycles. The Balaban J connectivity index is 2.40. The van der Waals surface area contributed by atoms with Crippen LogP contribution in [0.1, 0.15) is 50.0 Å². The van der Waals surface area contributed by atoms with Crippen LogP contribution in [0.3, 0.4) is 0 Å². The Kier molecular flexibility index (Phi) is 3.85. The Morgan fingerprint density at radius 1 is 1.42 bits per heavy atom. The molecule has 106 valence electrons. The number of ether oxygens (including phenoxy) is 1. The van der Waals surface area contributed by atoms with E-state index in [2.05, 4.69) is 0 Å². The molecule has 2 unspecified atom stereocenters. The second-order valence-corrected chi connectivity index (χ2v) is 5.67. The normalized spacial score (nSPS) is 20.0. The molecule has 2 rings (SSSR count). The molecule has 1 heterocycles. The smallest absolute Gasteiger partial charge is 0.131 e. The highest BCUT2D eigenvalue weighted by Gasteiger charge is 2.36. The first-order valence-corrected chi connectivity index (χ1v) is 6.71. The molecule has 0 saturated carbocycles. The second-order valence-electron chi connectivity index (χ2n) is 5.67. The maximum atomic E-state index is 10.0. The molecule has 2 atom stereocenters. The van der Waals surface area contributed by atoms with E-state index in [4.69, 9.17) is 4.74 Å². The molecule has 0 amide bonds. The highest BCUT2D eigenvalue weighted by Crippen LogP contribution is 2.39. The van der Waals surface area contributed by atoms with Gasteiger partial charge in [0.1, 0.15) is 11.9 Å². The number of hydrogen-bond acceptors (Lipinski definition) is 4. The summed E-state index contributed by atoms with van der Waals surface area (Å²) in [4.78, 5) is 0. The van der Waals surface area contributed by atoms with Crippen LogP contribution < -0.4 is 4.74 Å². The first kappa shape index (κ1) is 14.3. The Hall–Kier alpha value is -1.10. The van der Waals surface area contributed by atoms with Crippen LogP contribution in [-0.2, 0) is 13.0 Å². The van der Waals surface area contributed by atoms with E-state index in [0.717, 1.165) is 5.56 Å². The lowest BCUT2D eigenvalue weighted by Crippen LogP contribution is -2.39. The van der Waals surface area contributed by atoms with Gasteiger partial charge in [0.25, 0.3) is 0 Å². The number of hydrogen-bond donors (Lipinski definition) is 3. The van der Waals surface area contributed by atoms with Crippen molar-refractivity contribution < 1.29 is 20.1 Å². The van der Waals surface area contributed by atoms with Crippen LogP contribution in [0, 0.1) is 0 Å². The van der Waals surface area contributed by atoms with Gasteiger partial charge in [-0.2, -0.15) is 0 Å². The third-order valence-corrected chi connectivity index (χ3v) is 3.74. The molecular weight excluding hydrogens is 244 g/mol. The number of benzene rings is 1. The first-order valence-electron chi connectivity index (χ1n) is 6.71. The maximum Gasteiger partial charge on any atom is 0.131 e. The van der Waals surface area contributed by atoms with E-state index >= 15 is 0 Å². The van der Waals surface area contributed by atoms with Gasteiger partial charge in [0, 0.05) is 12.0 Å². The van der Waals surface area contributed by atoms with Crippen molar-refractivity contribution >= 4 is 0 Å². The van der Waals surface area contributed by atoms with Gasteiger partial charge >= 0.3 is 0 Å². The fourth-order valence-electron chi connectivity index (χ4n) is 2.47. The predicted molar refractivity (Wildman–Crippen MR) is 72.0 cm³/mol. The van der Waals surface area contributed by atoms with Gasteiger partial charge in [0.15, 0.2) is 0 Å². The Bertz CT molecular complexity index is 462. The van der Waals surface area contributed by atoms with Gasteiger partial charge in [0.05, 0.1) is 18.3 Å². The molecule has 1 aromatic carbocycles. The van der Waals surface area contributed by atoms with Gasteiger partial charge in [-0.3, -0.25) is 0 Å². The predicted octanol–water partition coefficient (Wildman–Crippen LogP) is 1.70. The third-order valence-electron chi connectivity index (χ3n) is 3.74. The van der Waals surface area contributed by atoms with Crippen LogP contribution >= 0.6 is 0 Å². The standard InChI is InChI=1S/C15H22O4/c1-4-12(17)10-6-5-9-7-13(15(2,3)18)19-14(9)11(10)8-16/h5-6,12-13,16-18H,4,7-8H2,1-3H3. The van der Waals surface area contributed by atoms with Crippen molar-refractivity contribution in [3.05, 3.63) is 28.8 Å². The monoisotopic (exact) mass is 266 g/mol. The zero-order chi connectivity index (χ0) is 14.2. The highest BCUT2D eigenvalue weighted by atomic mass is 16.5. The zero-order valence-electron chi connectivity index (χ0n) is 11.7. The molecule has 19 heavy (non-hydrogen) atoms. The molecule has 0 radical (unpaired) electrons. The van der Waals surface area contributed by atoms with Crippen molar-refractivity contribution in [1.82, 2.24) is 0 Å². The van der Waals surface area contributed by atoms with Gasteiger partial charge in [-0.05, 0) is 31.4 Å². The molecule has 1 aliphatic rings. The molecule has 4 nitrogen and oxygen atoms in total. The molecule has 3 N–H and O–H groups in total. The number of aliphatic hydroxyl groups is 3. The summed E-state index contributed by atoms with van der Waals surface area (Å²) >= 11 is 0. The minimum Gasteiger partial charge on any atom is -0.486 e. The van der Waals surface area contributed by atoms with Gasteiger partial charge in [-0.1, -0.05) is 19.1 Å². The zero-order valence-corrected chi connectivity index (χ0v) is 11.7. The van der Waals surface area contributed by atoms with E-state index in [1.807, 2.05) is 19.1 Å². The summed E-state index contributed by atoms with van der Waals surface area (Å²) in [5, 5.41) is 29.6. The van der Waals surface area contributed by atoms with Crippen molar-refractivity contribution in [2.24, 2.45) is 0 Å². The van der Waals surface area contributed by atoms with Crippen LogP contribution in [0.5, 0.6) is 5.75 Å². The van der Waals surface area contributed by atoms with Crippen molar-refractivity contribution in [3.8, 4) is 5.75 Å². The fourth-order valence-corrected chi connectivity index (χ4v) is 2.47. The van der Waals surface area contributed by atoms with Crippen molar-refractivity contribution in [1.29, 1.82) is 0 Å². The van der Waals surface area contributed by atoms with Gasteiger partial charge in [-0.25, -0.2) is 0 Å². The molecule has 0 aromatic heterocycles. The van der Waals surface area contributed by atoms with E-state index in [1.165, 1.54) is 0 Å². The minimum absolute atomic E-state index is 0.172. The Morgan fingerprint density at radius 2 is 2.11 bits per heavy atom. The van der Waals surface area contributed by atoms with Crippen molar-refractivity contribution in [2.75, 3.05) is 0 Å². The summed E-state index contributed by atoms with van der Waals surface area (Å²) in [7, 11) is 0. The molecule has 4 heteroatoms. The Morgan fingerprint density at radius 3 is 2.63 bits per heavy atom. The highest BCUT2D eigenvalue weighted by molar-refractivity contribution is 5.50. The third kappa shape index (κ3) is 2.61. The number of fused-ring (bicyclic) bond motifs is 1. The van der Waals surface area contributed by atoms with Crippen LogP contribution in [-0.4, -0.2) is 27.0 Å². The van der Waals surface area contributed by atoms with Gasteiger partial charge < -0.3 is 20.1 Å². The summed E-state index contributed by atoms with van der Waals surface area (Å²) < 4.78 is 5.81. The van der Waals surface area contributed by atoms with Gasteiger partial charge in [-0.15, -0.1) is 0 Å². The second kappa shape index (κ2) is 5.12.